The van der Waals surface area contributed by atoms with E-state index in [1.165, 1.54) is 0 Å². The highest BCUT2D eigenvalue weighted by Gasteiger charge is 2.21. The number of hydrogen-bond donors (Lipinski definition) is 1. The molecule has 3 heteroatoms. The summed E-state index contributed by atoms with van der Waals surface area (Å²) in [7, 11) is 0. The third-order valence-corrected chi connectivity index (χ3v) is 3.43. The Hall–Kier alpha value is -1.22. The Balaban J connectivity index is 2.01. The number of anilines is 1. The van der Waals surface area contributed by atoms with E-state index in [1.54, 1.807) is 0 Å². The minimum absolute atomic E-state index is 0.195. The van der Waals surface area contributed by atoms with Crippen LogP contribution in [0.25, 0.3) is 0 Å². The average molecular weight is 263 g/mol. The van der Waals surface area contributed by atoms with Crippen LogP contribution >= 0.6 is 0 Å². The van der Waals surface area contributed by atoms with Crippen molar-refractivity contribution in [3.63, 3.8) is 0 Å². The molecule has 0 bridgehead atoms. The standard InChI is InChI=1S/C16H25NO2/c1-4-14-11-13(9-10-18-14)17-15-7-5-6-8-16(15)19-12(2)3/h5-8,12-14,17H,4,9-11H2,1-3H3. The van der Waals surface area contributed by atoms with Gasteiger partial charge in [-0.1, -0.05) is 19.1 Å². The Labute approximate surface area is 116 Å². The second kappa shape index (κ2) is 6.80. The maximum atomic E-state index is 5.85. The van der Waals surface area contributed by atoms with E-state index >= 15 is 0 Å². The predicted molar refractivity (Wildman–Crippen MR) is 78.9 cm³/mol. The van der Waals surface area contributed by atoms with Crippen LogP contribution in [-0.4, -0.2) is 24.9 Å². The Morgan fingerprint density at radius 3 is 2.89 bits per heavy atom. The van der Waals surface area contributed by atoms with Gasteiger partial charge in [0.2, 0.25) is 0 Å². The smallest absolute Gasteiger partial charge is 0.142 e. The van der Waals surface area contributed by atoms with Crippen molar-refractivity contribution in [3.8, 4) is 5.75 Å². The molecule has 0 saturated carbocycles. The van der Waals surface area contributed by atoms with Crippen molar-refractivity contribution in [1.29, 1.82) is 0 Å². The van der Waals surface area contributed by atoms with E-state index in [1.807, 2.05) is 18.2 Å². The van der Waals surface area contributed by atoms with Gasteiger partial charge in [0.25, 0.3) is 0 Å². The fourth-order valence-corrected chi connectivity index (χ4v) is 2.46. The fraction of sp³-hybridized carbons (Fsp3) is 0.625. The van der Waals surface area contributed by atoms with Crippen molar-refractivity contribution in [2.24, 2.45) is 0 Å². The Morgan fingerprint density at radius 2 is 2.16 bits per heavy atom. The second-order valence-electron chi connectivity index (χ2n) is 5.43. The molecule has 3 nitrogen and oxygen atoms in total. The zero-order valence-corrected chi connectivity index (χ0v) is 12.2. The molecule has 1 aromatic rings. The van der Waals surface area contributed by atoms with Crippen molar-refractivity contribution in [2.45, 2.75) is 58.3 Å². The summed E-state index contributed by atoms with van der Waals surface area (Å²) in [6, 6.07) is 8.66. The summed E-state index contributed by atoms with van der Waals surface area (Å²) in [5.74, 6) is 0.942. The van der Waals surface area contributed by atoms with E-state index in [4.69, 9.17) is 9.47 Å². The summed E-state index contributed by atoms with van der Waals surface area (Å²) < 4.78 is 11.6. The van der Waals surface area contributed by atoms with Gasteiger partial charge >= 0.3 is 0 Å². The largest absolute Gasteiger partial charge is 0.489 e. The number of ether oxygens (including phenoxy) is 2. The van der Waals surface area contributed by atoms with Crippen molar-refractivity contribution >= 4 is 5.69 Å². The number of hydrogen-bond acceptors (Lipinski definition) is 3. The molecule has 1 aliphatic rings. The normalized spacial score (nSPS) is 23.4. The maximum Gasteiger partial charge on any atom is 0.142 e. The van der Waals surface area contributed by atoms with Crippen LogP contribution in [-0.2, 0) is 4.74 Å². The van der Waals surface area contributed by atoms with Crippen molar-refractivity contribution < 1.29 is 9.47 Å². The van der Waals surface area contributed by atoms with Crippen LogP contribution in [0, 0.1) is 0 Å². The molecule has 2 rings (SSSR count). The fourth-order valence-electron chi connectivity index (χ4n) is 2.46. The van der Waals surface area contributed by atoms with E-state index in [-0.39, 0.29) is 6.10 Å². The van der Waals surface area contributed by atoms with Gasteiger partial charge in [-0.25, -0.2) is 0 Å². The summed E-state index contributed by atoms with van der Waals surface area (Å²) >= 11 is 0. The Kier molecular flexibility index (Phi) is 5.08. The Bertz CT molecular complexity index is 392. The lowest BCUT2D eigenvalue weighted by Gasteiger charge is -2.30. The van der Waals surface area contributed by atoms with Gasteiger partial charge in [0, 0.05) is 12.6 Å². The van der Waals surface area contributed by atoms with Crippen LogP contribution in [0.1, 0.15) is 40.0 Å². The van der Waals surface area contributed by atoms with Crippen LogP contribution < -0.4 is 10.1 Å². The van der Waals surface area contributed by atoms with E-state index in [2.05, 4.69) is 32.2 Å². The molecule has 2 atom stereocenters. The molecule has 0 spiro atoms. The second-order valence-corrected chi connectivity index (χ2v) is 5.43. The van der Waals surface area contributed by atoms with Gasteiger partial charge in [0.15, 0.2) is 0 Å². The molecular formula is C16H25NO2. The third-order valence-electron chi connectivity index (χ3n) is 3.43. The van der Waals surface area contributed by atoms with Crippen molar-refractivity contribution in [2.75, 3.05) is 11.9 Å². The third kappa shape index (κ3) is 4.13. The van der Waals surface area contributed by atoms with Gasteiger partial charge in [-0.2, -0.15) is 0 Å². The number of rotatable bonds is 5. The highest BCUT2D eigenvalue weighted by molar-refractivity contribution is 5.56. The topological polar surface area (TPSA) is 30.5 Å². The van der Waals surface area contributed by atoms with Crippen LogP contribution in [0.3, 0.4) is 0 Å². The molecule has 1 fully saturated rings. The van der Waals surface area contributed by atoms with Gasteiger partial charge in [-0.15, -0.1) is 0 Å². The van der Waals surface area contributed by atoms with Crippen LogP contribution in [0.2, 0.25) is 0 Å². The lowest BCUT2D eigenvalue weighted by Crippen LogP contribution is -2.33. The van der Waals surface area contributed by atoms with E-state index in [0.29, 0.717) is 12.1 Å². The highest BCUT2D eigenvalue weighted by Crippen LogP contribution is 2.28. The Morgan fingerprint density at radius 1 is 1.37 bits per heavy atom. The molecule has 106 valence electrons. The molecule has 1 N–H and O–H groups in total. The van der Waals surface area contributed by atoms with Gasteiger partial charge in [-0.3, -0.25) is 0 Å². The summed E-state index contributed by atoms with van der Waals surface area (Å²) in [5.41, 5.74) is 1.10. The zero-order valence-electron chi connectivity index (χ0n) is 12.2. The monoisotopic (exact) mass is 263 g/mol. The molecule has 2 unspecified atom stereocenters. The van der Waals surface area contributed by atoms with Crippen LogP contribution in [0.5, 0.6) is 5.75 Å². The first-order valence-electron chi connectivity index (χ1n) is 7.33. The van der Waals surface area contributed by atoms with E-state index in [0.717, 1.165) is 37.3 Å². The molecule has 1 aliphatic heterocycles. The van der Waals surface area contributed by atoms with Crippen molar-refractivity contribution in [1.82, 2.24) is 0 Å². The molecule has 0 aromatic heterocycles. The molecule has 0 aliphatic carbocycles. The first kappa shape index (κ1) is 14.2. The zero-order chi connectivity index (χ0) is 13.7. The van der Waals surface area contributed by atoms with Crippen LogP contribution in [0.4, 0.5) is 5.69 Å². The first-order valence-corrected chi connectivity index (χ1v) is 7.33. The SMILES string of the molecule is CCC1CC(Nc2ccccc2OC(C)C)CCO1. The van der Waals surface area contributed by atoms with Gasteiger partial charge < -0.3 is 14.8 Å². The highest BCUT2D eigenvalue weighted by atomic mass is 16.5. The summed E-state index contributed by atoms with van der Waals surface area (Å²) in [5, 5.41) is 3.61. The van der Waals surface area contributed by atoms with Gasteiger partial charge in [0.1, 0.15) is 5.75 Å². The molecule has 1 aromatic carbocycles. The van der Waals surface area contributed by atoms with Gasteiger partial charge in [0.05, 0.1) is 17.9 Å². The lowest BCUT2D eigenvalue weighted by molar-refractivity contribution is 0.00921. The maximum absolute atomic E-state index is 5.85. The summed E-state index contributed by atoms with van der Waals surface area (Å²) in [4.78, 5) is 0. The molecule has 19 heavy (non-hydrogen) atoms. The number of para-hydroxylation sites is 2. The molecular weight excluding hydrogens is 238 g/mol. The molecule has 0 amide bonds. The summed E-state index contributed by atoms with van der Waals surface area (Å²) in [6.07, 6.45) is 3.81. The number of nitrogens with one attached hydrogen (secondary N) is 1. The van der Waals surface area contributed by atoms with Crippen LogP contribution in [0.15, 0.2) is 24.3 Å². The minimum atomic E-state index is 0.195. The van der Waals surface area contributed by atoms with E-state index in [9.17, 15) is 0 Å². The molecule has 0 radical (unpaired) electrons. The summed E-state index contributed by atoms with van der Waals surface area (Å²) in [6.45, 7) is 7.14. The average Bonchev–Trinajstić information content (AvgIpc) is 2.41. The molecule has 1 heterocycles. The first-order chi connectivity index (χ1) is 9.19. The number of benzene rings is 1. The molecule has 1 saturated heterocycles. The predicted octanol–water partition coefficient (Wildman–Crippen LogP) is 3.84. The minimum Gasteiger partial charge on any atom is -0.489 e. The van der Waals surface area contributed by atoms with Crippen molar-refractivity contribution in [3.05, 3.63) is 24.3 Å². The lowest BCUT2D eigenvalue weighted by atomic mass is 10.0. The van der Waals surface area contributed by atoms with Gasteiger partial charge in [-0.05, 0) is 45.2 Å². The quantitative estimate of drug-likeness (QED) is 0.875. The van der Waals surface area contributed by atoms with E-state index < -0.39 is 0 Å².